The molecule has 0 aromatic rings. The first-order chi connectivity index (χ1) is 50.7. The van der Waals surface area contributed by atoms with Gasteiger partial charge >= 0.3 is 39.5 Å². The summed E-state index contributed by atoms with van der Waals surface area (Å²) < 4.78 is 68.3. The molecule has 586 valence electrons. The number of phosphoric acid groups is 2. The Labute approximate surface area is 627 Å². The maximum absolute atomic E-state index is 13.1. The first-order valence-electron chi connectivity index (χ1n) is 38.7. The summed E-state index contributed by atoms with van der Waals surface area (Å²) in [6.07, 6.45) is 91.7. The predicted molar refractivity (Wildman–Crippen MR) is 426 cm³/mol. The van der Waals surface area contributed by atoms with Crippen molar-refractivity contribution < 1.29 is 80.2 Å². The van der Waals surface area contributed by atoms with Crippen molar-refractivity contribution in [3.8, 4) is 0 Å². The third-order valence-electron chi connectivity index (χ3n) is 15.1. The first kappa shape index (κ1) is 97.9. The standard InChI is InChI=1S/C85H134O17P2/c1-5-9-13-17-21-25-29-33-37-39-43-45-49-53-57-61-65-69-82(87)95-75-80(101-84(89)71-67-63-59-55-51-47-41-35-31-27-23-19-15-11-7-3)77-99-103(91,92)97-73-79(86)74-98-104(93,94)100-78-81(102-85(90)72-68-64-60-56-52-48-42-36-32-28-24-20-16-12-8-4)76-96-83(88)70-66-62-58-54-50-46-44-40-38-34-30-26-22-18-14-10-6-2/h9-16,21-28,33-38,41-43,45,51-52,55-56,63,67,79-81,86H,5-8,17-20,29-32,39-40,44,46-50,53-54,57-62,64-66,68-78H2,1-4H3,(H,91,92)(H,93,94)/b13-9-,14-10-,15-11-,16-12-,25-21-,26-22-,27-23-,28-24-,37-33-,38-34-,41-35-,42-36-,45-43-,55-51-,56-52-,67-63-. The molecule has 0 heterocycles. The van der Waals surface area contributed by atoms with Crippen molar-refractivity contribution >= 4 is 39.5 Å². The number of hydrogen-bond donors (Lipinski definition) is 3. The highest BCUT2D eigenvalue weighted by atomic mass is 31.2. The molecular formula is C85H134O17P2. The molecule has 5 atom stereocenters. The van der Waals surface area contributed by atoms with Gasteiger partial charge in [-0.3, -0.25) is 37.3 Å². The van der Waals surface area contributed by atoms with E-state index in [9.17, 15) is 43.2 Å². The Kier molecular flexibility index (Phi) is 70.7. The smallest absolute Gasteiger partial charge is 0.462 e. The molecule has 0 aromatic heterocycles. The Morgan fingerprint density at radius 2 is 0.510 bits per heavy atom. The Morgan fingerprint density at radius 1 is 0.279 bits per heavy atom. The molecule has 0 bridgehead atoms. The van der Waals surface area contributed by atoms with Gasteiger partial charge in [0.25, 0.3) is 0 Å². The summed E-state index contributed by atoms with van der Waals surface area (Å²) in [4.78, 5) is 72.9. The SMILES string of the molecule is CC/C=C\C/C=C\C/C=C\C/C=C\C/C=C\CC(=O)OC(COC(=O)CCCCCC/C=C\C/C=C\C/C=C\C/C=C\CC)COP(=O)(O)OCC(O)COP(=O)(O)OCC(COC(=O)CCCCCCCCC/C=C\C/C=C\C/C=C\CC)OC(=O)CCCC/C=C\C/C=C\C/C=C\C/C=C\CC. The Bertz CT molecular complexity index is 2740. The molecule has 0 aliphatic carbocycles. The molecule has 0 radical (unpaired) electrons. The van der Waals surface area contributed by atoms with Crippen LogP contribution in [0.4, 0.5) is 0 Å². The minimum Gasteiger partial charge on any atom is -0.462 e. The Balaban J connectivity index is 5.51. The molecule has 0 aromatic carbocycles. The lowest BCUT2D eigenvalue weighted by Crippen LogP contribution is -2.30. The molecular weight excluding hydrogens is 1350 g/mol. The third kappa shape index (κ3) is 74.2. The van der Waals surface area contributed by atoms with Crippen LogP contribution in [-0.2, 0) is 65.4 Å². The lowest BCUT2D eigenvalue weighted by Gasteiger charge is -2.21. The summed E-state index contributed by atoms with van der Waals surface area (Å²) in [5, 5.41) is 10.6. The zero-order chi connectivity index (χ0) is 76.0. The zero-order valence-corrected chi connectivity index (χ0v) is 65.6. The third-order valence-corrected chi connectivity index (χ3v) is 17.0. The number of allylic oxidation sites excluding steroid dienone is 31. The minimum atomic E-state index is -5.02. The van der Waals surface area contributed by atoms with Gasteiger partial charge in [-0.25, -0.2) is 9.13 Å². The average Bonchev–Trinajstić information content (AvgIpc) is 1.21. The van der Waals surface area contributed by atoms with E-state index in [-0.39, 0.29) is 25.7 Å². The predicted octanol–water partition coefficient (Wildman–Crippen LogP) is 22.5. The van der Waals surface area contributed by atoms with Gasteiger partial charge in [-0.05, 0) is 161 Å². The van der Waals surface area contributed by atoms with Gasteiger partial charge in [-0.1, -0.05) is 267 Å². The van der Waals surface area contributed by atoms with E-state index < -0.39 is 97.5 Å². The minimum absolute atomic E-state index is 0.0297. The van der Waals surface area contributed by atoms with E-state index in [1.165, 1.54) is 0 Å². The summed E-state index contributed by atoms with van der Waals surface area (Å²) in [5.74, 6) is -2.43. The van der Waals surface area contributed by atoms with Crippen LogP contribution in [0.3, 0.4) is 0 Å². The summed E-state index contributed by atoms with van der Waals surface area (Å²) in [7, 11) is -10.0. The molecule has 0 rings (SSSR count). The molecule has 0 aliphatic rings. The van der Waals surface area contributed by atoms with E-state index in [1.807, 2.05) is 12.2 Å². The second-order valence-electron chi connectivity index (χ2n) is 24.8. The van der Waals surface area contributed by atoms with Crippen LogP contribution >= 0.6 is 15.6 Å². The highest BCUT2D eigenvalue weighted by Crippen LogP contribution is 2.45. The molecule has 0 aliphatic heterocycles. The summed E-state index contributed by atoms with van der Waals surface area (Å²) >= 11 is 0. The Hall–Kier alpha value is -6.10. The normalized spacial score (nSPS) is 15.0. The van der Waals surface area contributed by atoms with Crippen LogP contribution in [0.25, 0.3) is 0 Å². The van der Waals surface area contributed by atoms with E-state index >= 15 is 0 Å². The number of hydrogen-bond acceptors (Lipinski definition) is 15. The van der Waals surface area contributed by atoms with Crippen molar-refractivity contribution in [2.24, 2.45) is 0 Å². The van der Waals surface area contributed by atoms with Crippen LogP contribution in [0.1, 0.15) is 259 Å². The molecule has 17 nitrogen and oxygen atoms in total. The quantitative estimate of drug-likeness (QED) is 0.0169. The number of unbranched alkanes of at least 4 members (excludes halogenated alkanes) is 13. The number of phosphoric ester groups is 2. The van der Waals surface area contributed by atoms with Crippen molar-refractivity contribution in [2.75, 3.05) is 39.6 Å². The molecule has 104 heavy (non-hydrogen) atoms. The molecule has 0 saturated heterocycles. The fourth-order valence-corrected chi connectivity index (χ4v) is 10.9. The van der Waals surface area contributed by atoms with Crippen molar-refractivity contribution in [3.05, 3.63) is 194 Å². The number of esters is 4. The van der Waals surface area contributed by atoms with Gasteiger partial charge in [0.1, 0.15) is 19.3 Å². The van der Waals surface area contributed by atoms with E-state index in [1.54, 1.807) is 12.2 Å². The van der Waals surface area contributed by atoms with Gasteiger partial charge in [-0.2, -0.15) is 0 Å². The highest BCUT2D eigenvalue weighted by Gasteiger charge is 2.30. The second-order valence-corrected chi connectivity index (χ2v) is 27.7. The number of rotatable bonds is 70. The second kappa shape index (κ2) is 75.1. The first-order valence-corrected chi connectivity index (χ1v) is 41.7. The number of aliphatic hydroxyl groups excluding tert-OH is 1. The van der Waals surface area contributed by atoms with Crippen molar-refractivity contribution in [3.63, 3.8) is 0 Å². The topological polar surface area (TPSA) is 237 Å². The van der Waals surface area contributed by atoms with Gasteiger partial charge < -0.3 is 33.8 Å². The molecule has 19 heteroatoms. The number of ether oxygens (including phenoxy) is 4. The Morgan fingerprint density at radius 3 is 0.827 bits per heavy atom. The van der Waals surface area contributed by atoms with Crippen molar-refractivity contribution in [1.82, 2.24) is 0 Å². The van der Waals surface area contributed by atoms with Crippen LogP contribution in [0.5, 0.6) is 0 Å². The van der Waals surface area contributed by atoms with Gasteiger partial charge in [0.05, 0.1) is 32.8 Å². The number of aliphatic hydroxyl groups is 1. The van der Waals surface area contributed by atoms with Crippen LogP contribution in [0.15, 0.2) is 194 Å². The molecule has 5 unspecified atom stereocenters. The summed E-state index contributed by atoms with van der Waals surface area (Å²) in [5.41, 5.74) is 0. The number of carbonyl (C=O) groups excluding carboxylic acids is 4. The highest BCUT2D eigenvalue weighted by molar-refractivity contribution is 7.47. The zero-order valence-electron chi connectivity index (χ0n) is 63.9. The van der Waals surface area contributed by atoms with Crippen LogP contribution in [-0.4, -0.2) is 96.7 Å². The lowest BCUT2D eigenvalue weighted by molar-refractivity contribution is -0.161. The fraction of sp³-hybridized carbons (Fsp3) is 0.576. The van der Waals surface area contributed by atoms with Crippen LogP contribution in [0, 0.1) is 0 Å². The van der Waals surface area contributed by atoms with Crippen molar-refractivity contribution in [1.29, 1.82) is 0 Å². The van der Waals surface area contributed by atoms with Gasteiger partial charge in [0, 0.05) is 19.3 Å². The largest absolute Gasteiger partial charge is 0.472 e. The van der Waals surface area contributed by atoms with Crippen LogP contribution in [0.2, 0.25) is 0 Å². The van der Waals surface area contributed by atoms with E-state index in [4.69, 9.17) is 37.0 Å². The number of carbonyl (C=O) groups is 4. The summed E-state index contributed by atoms with van der Waals surface area (Å²) in [6.45, 7) is 4.18. The molecule has 3 N–H and O–H groups in total. The van der Waals surface area contributed by atoms with Gasteiger partial charge in [0.2, 0.25) is 0 Å². The molecule has 0 fully saturated rings. The molecule has 0 saturated carbocycles. The fourth-order valence-electron chi connectivity index (χ4n) is 9.35. The molecule has 0 spiro atoms. The van der Waals surface area contributed by atoms with Crippen LogP contribution < -0.4 is 0 Å². The maximum Gasteiger partial charge on any atom is 0.472 e. The van der Waals surface area contributed by atoms with Crippen molar-refractivity contribution in [2.45, 2.75) is 277 Å². The maximum atomic E-state index is 13.1. The summed E-state index contributed by atoms with van der Waals surface area (Å²) in [6, 6.07) is 0. The van der Waals surface area contributed by atoms with Gasteiger partial charge in [-0.15, -0.1) is 0 Å². The lowest BCUT2D eigenvalue weighted by atomic mass is 10.1. The molecule has 0 amide bonds. The van der Waals surface area contributed by atoms with Gasteiger partial charge in [0.15, 0.2) is 12.2 Å². The van der Waals surface area contributed by atoms with E-state index in [2.05, 4.69) is 198 Å². The van der Waals surface area contributed by atoms with E-state index in [0.717, 1.165) is 173 Å². The average molecular weight is 1490 g/mol. The van der Waals surface area contributed by atoms with E-state index in [0.29, 0.717) is 32.1 Å². The monoisotopic (exact) mass is 1490 g/mol.